The highest BCUT2D eigenvalue weighted by atomic mass is 32.1. The van der Waals surface area contributed by atoms with Crippen LogP contribution in [0.5, 0.6) is 0 Å². The zero-order chi connectivity index (χ0) is 13.0. The normalized spacial score (nSPS) is 10.1. The van der Waals surface area contributed by atoms with Gasteiger partial charge in [-0.3, -0.25) is 0 Å². The Kier molecular flexibility index (Phi) is 4.45. The Bertz CT molecular complexity index is 428. The number of urea groups is 1. The van der Waals surface area contributed by atoms with Crippen LogP contribution in [-0.2, 0) is 6.42 Å². The maximum Gasteiger partial charge on any atom is 0.347 e. The fraction of sp³-hybridized carbons (Fsp3) is 0.500. The first kappa shape index (κ1) is 13.4. The number of nitrogens with one attached hydrogen (secondary N) is 1. The molecule has 0 aromatic carbocycles. The lowest BCUT2D eigenvalue weighted by molar-refractivity contribution is 0.0701. The SMILES string of the molecule is Cc1nc(CCNC(=O)N(C)C)sc1C(=O)O. The van der Waals surface area contributed by atoms with Crippen molar-refractivity contribution in [3.63, 3.8) is 0 Å². The fourth-order valence-corrected chi connectivity index (χ4v) is 2.10. The molecule has 0 saturated carbocycles. The van der Waals surface area contributed by atoms with Crippen molar-refractivity contribution in [1.82, 2.24) is 15.2 Å². The van der Waals surface area contributed by atoms with Gasteiger partial charge in [0.1, 0.15) is 4.88 Å². The molecule has 1 aromatic rings. The number of carbonyl (C=O) groups excluding carboxylic acids is 1. The first-order valence-corrected chi connectivity index (χ1v) is 5.88. The Balaban J connectivity index is 2.50. The summed E-state index contributed by atoms with van der Waals surface area (Å²) in [5.41, 5.74) is 0.524. The van der Waals surface area contributed by atoms with E-state index in [-0.39, 0.29) is 10.9 Å². The van der Waals surface area contributed by atoms with Crippen LogP contribution in [0.4, 0.5) is 4.79 Å². The molecule has 0 saturated heterocycles. The van der Waals surface area contributed by atoms with Gasteiger partial charge in [-0.2, -0.15) is 0 Å². The minimum Gasteiger partial charge on any atom is -0.477 e. The summed E-state index contributed by atoms with van der Waals surface area (Å²) in [5, 5.41) is 12.3. The summed E-state index contributed by atoms with van der Waals surface area (Å²) in [5.74, 6) is -0.955. The highest BCUT2D eigenvalue weighted by Gasteiger charge is 2.13. The van der Waals surface area contributed by atoms with Crippen LogP contribution in [0.25, 0.3) is 0 Å². The van der Waals surface area contributed by atoms with E-state index in [9.17, 15) is 9.59 Å². The number of aromatic carboxylic acids is 1. The number of nitrogens with zero attached hydrogens (tertiary/aromatic N) is 2. The summed E-state index contributed by atoms with van der Waals surface area (Å²) in [6, 6.07) is -0.170. The molecule has 0 aliphatic rings. The van der Waals surface area contributed by atoms with Crippen LogP contribution < -0.4 is 5.32 Å². The average Bonchev–Trinajstić information content (AvgIpc) is 2.59. The lowest BCUT2D eigenvalue weighted by Crippen LogP contribution is -2.35. The van der Waals surface area contributed by atoms with Gasteiger partial charge in [0, 0.05) is 27.1 Å². The van der Waals surface area contributed by atoms with Crippen molar-refractivity contribution in [2.45, 2.75) is 13.3 Å². The smallest absolute Gasteiger partial charge is 0.347 e. The van der Waals surface area contributed by atoms with E-state index < -0.39 is 5.97 Å². The molecule has 0 radical (unpaired) electrons. The van der Waals surface area contributed by atoms with Crippen molar-refractivity contribution in [3.8, 4) is 0 Å². The van der Waals surface area contributed by atoms with Gasteiger partial charge >= 0.3 is 12.0 Å². The Hall–Kier alpha value is -1.63. The van der Waals surface area contributed by atoms with E-state index >= 15 is 0 Å². The van der Waals surface area contributed by atoms with Crippen molar-refractivity contribution >= 4 is 23.3 Å². The molecule has 0 unspecified atom stereocenters. The van der Waals surface area contributed by atoms with Crippen molar-refractivity contribution in [2.24, 2.45) is 0 Å². The van der Waals surface area contributed by atoms with Crippen molar-refractivity contribution in [1.29, 1.82) is 0 Å². The summed E-state index contributed by atoms with van der Waals surface area (Å²) in [7, 11) is 3.32. The van der Waals surface area contributed by atoms with E-state index in [4.69, 9.17) is 5.11 Å². The number of amides is 2. The van der Waals surface area contributed by atoms with Gasteiger partial charge in [0.25, 0.3) is 0 Å². The second-order valence-electron chi connectivity index (χ2n) is 3.70. The van der Waals surface area contributed by atoms with Gasteiger partial charge < -0.3 is 15.3 Å². The second kappa shape index (κ2) is 5.62. The number of rotatable bonds is 4. The molecule has 0 bridgehead atoms. The zero-order valence-electron chi connectivity index (χ0n) is 9.98. The van der Waals surface area contributed by atoms with E-state index in [1.165, 1.54) is 4.90 Å². The van der Waals surface area contributed by atoms with E-state index in [1.54, 1.807) is 21.0 Å². The molecule has 0 fully saturated rings. The third kappa shape index (κ3) is 3.70. The fourth-order valence-electron chi connectivity index (χ4n) is 1.19. The van der Waals surface area contributed by atoms with Crippen LogP contribution >= 0.6 is 11.3 Å². The minimum absolute atomic E-state index is 0.170. The molecule has 7 heteroatoms. The van der Waals surface area contributed by atoms with Gasteiger partial charge in [0.2, 0.25) is 0 Å². The molecule has 1 heterocycles. The van der Waals surface area contributed by atoms with Gasteiger partial charge in [-0.15, -0.1) is 11.3 Å². The monoisotopic (exact) mass is 257 g/mol. The van der Waals surface area contributed by atoms with Gasteiger partial charge in [0.15, 0.2) is 0 Å². The van der Waals surface area contributed by atoms with E-state index in [0.717, 1.165) is 16.3 Å². The molecule has 0 atom stereocenters. The zero-order valence-corrected chi connectivity index (χ0v) is 10.8. The molecule has 94 valence electrons. The molecule has 2 N–H and O–H groups in total. The standard InChI is InChI=1S/C10H15N3O3S/c1-6-8(9(14)15)17-7(12-6)4-5-11-10(16)13(2)3/h4-5H2,1-3H3,(H,11,16)(H,14,15). The highest BCUT2D eigenvalue weighted by Crippen LogP contribution is 2.17. The van der Waals surface area contributed by atoms with Crippen LogP contribution in [0.2, 0.25) is 0 Å². The lowest BCUT2D eigenvalue weighted by atomic mass is 10.4. The number of thiazole rings is 1. The number of hydrogen-bond acceptors (Lipinski definition) is 4. The predicted molar refractivity (Wildman–Crippen MR) is 64.6 cm³/mol. The molecule has 1 rings (SSSR count). The minimum atomic E-state index is -0.955. The Morgan fingerprint density at radius 3 is 2.59 bits per heavy atom. The largest absolute Gasteiger partial charge is 0.477 e. The van der Waals surface area contributed by atoms with Crippen LogP contribution in [0.3, 0.4) is 0 Å². The molecule has 6 nitrogen and oxygen atoms in total. The number of aryl methyl sites for hydroxylation is 1. The first-order valence-electron chi connectivity index (χ1n) is 5.06. The number of aromatic nitrogens is 1. The molecule has 0 spiro atoms. The van der Waals surface area contributed by atoms with Gasteiger partial charge in [-0.1, -0.05) is 0 Å². The number of carbonyl (C=O) groups is 2. The number of carboxylic acids is 1. The molecule has 2 amide bonds. The molecule has 0 aliphatic carbocycles. The average molecular weight is 257 g/mol. The van der Waals surface area contributed by atoms with Crippen LogP contribution in [0.15, 0.2) is 0 Å². The number of hydrogen-bond donors (Lipinski definition) is 2. The molecular weight excluding hydrogens is 242 g/mol. The number of carboxylic acid groups (broad SMARTS) is 1. The predicted octanol–water partition coefficient (Wildman–Crippen LogP) is 0.963. The van der Waals surface area contributed by atoms with Gasteiger partial charge in [0.05, 0.1) is 10.7 Å². The maximum absolute atomic E-state index is 11.2. The van der Waals surface area contributed by atoms with Crippen molar-refractivity contribution in [2.75, 3.05) is 20.6 Å². The van der Waals surface area contributed by atoms with E-state index in [0.29, 0.717) is 18.7 Å². The van der Waals surface area contributed by atoms with E-state index in [1.807, 2.05) is 0 Å². The Morgan fingerprint density at radius 2 is 2.12 bits per heavy atom. The van der Waals surface area contributed by atoms with E-state index in [2.05, 4.69) is 10.3 Å². The summed E-state index contributed by atoms with van der Waals surface area (Å²) in [6.45, 7) is 2.12. The third-order valence-electron chi connectivity index (χ3n) is 2.06. The lowest BCUT2D eigenvalue weighted by Gasteiger charge is -2.10. The topological polar surface area (TPSA) is 82.5 Å². The van der Waals surface area contributed by atoms with Crippen LogP contribution in [0, 0.1) is 6.92 Å². The van der Waals surface area contributed by atoms with Gasteiger partial charge in [-0.25, -0.2) is 14.6 Å². The third-order valence-corrected chi connectivity index (χ3v) is 3.26. The summed E-state index contributed by atoms with van der Waals surface area (Å²) < 4.78 is 0. The summed E-state index contributed by atoms with van der Waals surface area (Å²) >= 11 is 1.15. The molecular formula is C10H15N3O3S. The van der Waals surface area contributed by atoms with Crippen molar-refractivity contribution in [3.05, 3.63) is 15.6 Å². The maximum atomic E-state index is 11.2. The Morgan fingerprint density at radius 1 is 1.47 bits per heavy atom. The first-order chi connectivity index (χ1) is 7.91. The highest BCUT2D eigenvalue weighted by molar-refractivity contribution is 7.13. The second-order valence-corrected chi connectivity index (χ2v) is 4.79. The van der Waals surface area contributed by atoms with Crippen molar-refractivity contribution < 1.29 is 14.7 Å². The Labute approximate surface area is 103 Å². The van der Waals surface area contributed by atoms with Crippen LogP contribution in [0.1, 0.15) is 20.4 Å². The molecule has 17 heavy (non-hydrogen) atoms. The molecule has 1 aromatic heterocycles. The van der Waals surface area contributed by atoms with Crippen LogP contribution in [-0.4, -0.2) is 47.6 Å². The molecule has 0 aliphatic heterocycles. The van der Waals surface area contributed by atoms with Gasteiger partial charge in [-0.05, 0) is 6.92 Å². The summed E-state index contributed by atoms with van der Waals surface area (Å²) in [4.78, 5) is 27.9. The summed E-state index contributed by atoms with van der Waals surface area (Å²) in [6.07, 6.45) is 0.540. The quantitative estimate of drug-likeness (QED) is 0.841.